The molecule has 2 aromatic carbocycles. The highest BCUT2D eigenvalue weighted by Gasteiger charge is 2.10. The molecule has 21 heavy (non-hydrogen) atoms. The third-order valence-electron chi connectivity index (χ3n) is 2.55. The Balaban J connectivity index is 2.12. The quantitative estimate of drug-likeness (QED) is 0.611. The van der Waals surface area contributed by atoms with Gasteiger partial charge in [0.15, 0.2) is 0 Å². The van der Waals surface area contributed by atoms with Crippen molar-refractivity contribution in [2.45, 2.75) is 0 Å². The van der Waals surface area contributed by atoms with Crippen LogP contribution < -0.4 is 5.43 Å². The van der Waals surface area contributed by atoms with Crippen LogP contribution in [-0.2, 0) is 0 Å². The maximum atomic E-state index is 11.9. The van der Waals surface area contributed by atoms with Gasteiger partial charge < -0.3 is 5.11 Å². The Hall–Kier alpha value is -1.56. The average Bonchev–Trinajstić information content (AvgIpc) is 2.46. The molecule has 2 aromatic rings. The van der Waals surface area contributed by atoms with Gasteiger partial charge >= 0.3 is 0 Å². The van der Waals surface area contributed by atoms with Crippen molar-refractivity contribution in [2.75, 3.05) is 0 Å². The van der Waals surface area contributed by atoms with Gasteiger partial charge in [-0.3, -0.25) is 4.79 Å². The van der Waals surface area contributed by atoms with Gasteiger partial charge in [0.2, 0.25) is 0 Å². The molecule has 2 N–H and O–H groups in total. The number of amides is 1. The number of hydrogen-bond donors (Lipinski definition) is 2. The number of nitrogens with one attached hydrogen (secondary N) is 1. The van der Waals surface area contributed by atoms with Crippen molar-refractivity contribution in [1.29, 1.82) is 0 Å². The number of carbonyl (C=O) groups excluding carboxylic acids is 1. The van der Waals surface area contributed by atoms with Gasteiger partial charge in [0.05, 0.1) is 21.8 Å². The molecule has 0 fully saturated rings. The molecule has 108 valence electrons. The second-order valence-electron chi connectivity index (χ2n) is 4.00. The SMILES string of the molecule is O=C(N/N=C\c1cccc(Cl)c1Cl)c1cc(Br)ccc1O. The first-order chi connectivity index (χ1) is 9.99. The monoisotopic (exact) mass is 386 g/mol. The summed E-state index contributed by atoms with van der Waals surface area (Å²) in [5.74, 6) is -0.671. The lowest BCUT2D eigenvalue weighted by Crippen LogP contribution is -2.17. The average molecular weight is 388 g/mol. The van der Waals surface area contributed by atoms with E-state index < -0.39 is 5.91 Å². The van der Waals surface area contributed by atoms with E-state index in [1.54, 1.807) is 24.3 Å². The van der Waals surface area contributed by atoms with Gasteiger partial charge in [0.25, 0.3) is 5.91 Å². The molecule has 0 saturated heterocycles. The molecule has 0 aliphatic rings. The van der Waals surface area contributed by atoms with Crippen molar-refractivity contribution in [3.63, 3.8) is 0 Å². The lowest BCUT2D eigenvalue weighted by molar-refractivity contribution is 0.0952. The van der Waals surface area contributed by atoms with E-state index in [1.165, 1.54) is 18.3 Å². The number of nitrogens with zero attached hydrogens (tertiary/aromatic N) is 1. The molecule has 2 rings (SSSR count). The van der Waals surface area contributed by atoms with Crippen molar-refractivity contribution >= 4 is 51.3 Å². The highest BCUT2D eigenvalue weighted by atomic mass is 79.9. The minimum atomic E-state index is -0.539. The summed E-state index contributed by atoms with van der Waals surface area (Å²) in [6.45, 7) is 0. The van der Waals surface area contributed by atoms with Gasteiger partial charge in [-0.15, -0.1) is 0 Å². The molecule has 4 nitrogen and oxygen atoms in total. The zero-order valence-corrected chi connectivity index (χ0v) is 13.6. The van der Waals surface area contributed by atoms with E-state index >= 15 is 0 Å². The molecule has 0 heterocycles. The lowest BCUT2D eigenvalue weighted by atomic mass is 10.2. The summed E-state index contributed by atoms with van der Waals surface area (Å²) in [6, 6.07) is 9.61. The molecular weight excluding hydrogens is 379 g/mol. The molecular formula is C14H9BrCl2N2O2. The molecule has 7 heteroatoms. The summed E-state index contributed by atoms with van der Waals surface area (Å²) in [4.78, 5) is 11.9. The molecule has 0 spiro atoms. The largest absolute Gasteiger partial charge is 0.507 e. The van der Waals surface area contributed by atoms with Gasteiger partial charge in [-0.2, -0.15) is 5.10 Å². The fraction of sp³-hybridized carbons (Fsp3) is 0. The number of hydrazone groups is 1. The first-order valence-corrected chi connectivity index (χ1v) is 7.30. The zero-order valence-electron chi connectivity index (χ0n) is 10.5. The molecule has 0 aromatic heterocycles. The van der Waals surface area contributed by atoms with E-state index in [2.05, 4.69) is 26.5 Å². The van der Waals surface area contributed by atoms with Gasteiger partial charge in [-0.25, -0.2) is 5.43 Å². The molecule has 0 unspecified atom stereocenters. The maximum Gasteiger partial charge on any atom is 0.275 e. The first-order valence-electron chi connectivity index (χ1n) is 5.75. The van der Waals surface area contributed by atoms with Crippen LogP contribution in [0.5, 0.6) is 5.75 Å². The minimum absolute atomic E-state index is 0.110. The van der Waals surface area contributed by atoms with E-state index in [-0.39, 0.29) is 11.3 Å². The lowest BCUT2D eigenvalue weighted by Gasteiger charge is -2.04. The van der Waals surface area contributed by atoms with E-state index in [0.29, 0.717) is 20.1 Å². The van der Waals surface area contributed by atoms with Crippen molar-refractivity contribution < 1.29 is 9.90 Å². The Morgan fingerprint density at radius 1 is 1.29 bits per heavy atom. The third-order valence-corrected chi connectivity index (χ3v) is 3.88. The van der Waals surface area contributed by atoms with Gasteiger partial charge in [0, 0.05) is 10.0 Å². The molecule has 0 aliphatic heterocycles. The Morgan fingerprint density at radius 3 is 2.81 bits per heavy atom. The van der Waals surface area contributed by atoms with Crippen LogP contribution in [0.4, 0.5) is 0 Å². The van der Waals surface area contributed by atoms with Gasteiger partial charge in [-0.1, -0.05) is 51.3 Å². The summed E-state index contributed by atoms with van der Waals surface area (Å²) in [5.41, 5.74) is 2.99. The van der Waals surface area contributed by atoms with Crippen molar-refractivity contribution in [1.82, 2.24) is 5.43 Å². The van der Waals surface area contributed by atoms with Crippen LogP contribution in [0, 0.1) is 0 Å². The predicted molar refractivity (Wildman–Crippen MR) is 87.3 cm³/mol. The molecule has 1 amide bonds. The van der Waals surface area contributed by atoms with Crippen LogP contribution in [0.3, 0.4) is 0 Å². The second-order valence-corrected chi connectivity index (χ2v) is 5.70. The van der Waals surface area contributed by atoms with Crippen LogP contribution in [0.2, 0.25) is 10.0 Å². The normalized spacial score (nSPS) is 10.8. The standard InChI is InChI=1S/C14H9BrCl2N2O2/c15-9-4-5-12(20)10(6-9)14(21)19-18-7-8-2-1-3-11(16)13(8)17/h1-7,20H,(H,19,21)/b18-7-. The van der Waals surface area contributed by atoms with Crippen molar-refractivity contribution in [3.8, 4) is 5.75 Å². The number of phenols is 1. The molecule has 0 saturated carbocycles. The van der Waals surface area contributed by atoms with Crippen molar-refractivity contribution in [3.05, 3.63) is 62.0 Å². The van der Waals surface area contributed by atoms with Crippen LogP contribution in [0.1, 0.15) is 15.9 Å². The maximum absolute atomic E-state index is 11.9. The molecule has 0 radical (unpaired) electrons. The summed E-state index contributed by atoms with van der Waals surface area (Å²) in [5, 5.41) is 14.2. The van der Waals surface area contributed by atoms with E-state index in [1.807, 2.05) is 0 Å². The smallest absolute Gasteiger partial charge is 0.275 e. The number of hydrogen-bond acceptors (Lipinski definition) is 3. The molecule has 0 aliphatic carbocycles. The van der Waals surface area contributed by atoms with Crippen LogP contribution in [0.25, 0.3) is 0 Å². The molecule has 0 bridgehead atoms. The number of phenolic OH excluding ortho intramolecular Hbond substituents is 1. The number of aromatic hydroxyl groups is 1. The Kier molecular flexibility index (Phi) is 5.22. The summed E-state index contributed by atoms with van der Waals surface area (Å²) >= 11 is 15.1. The van der Waals surface area contributed by atoms with Crippen LogP contribution >= 0.6 is 39.1 Å². The fourth-order valence-corrected chi connectivity index (χ4v) is 2.25. The summed E-state index contributed by atoms with van der Waals surface area (Å²) in [7, 11) is 0. The number of benzene rings is 2. The Morgan fingerprint density at radius 2 is 2.05 bits per heavy atom. The van der Waals surface area contributed by atoms with Gasteiger partial charge in [0.1, 0.15) is 5.75 Å². The van der Waals surface area contributed by atoms with E-state index in [4.69, 9.17) is 23.2 Å². The third kappa shape index (κ3) is 3.97. The second kappa shape index (κ2) is 6.93. The van der Waals surface area contributed by atoms with Crippen LogP contribution in [0.15, 0.2) is 46.0 Å². The molecule has 0 atom stereocenters. The Bertz CT molecular complexity index is 720. The number of carbonyl (C=O) groups is 1. The topological polar surface area (TPSA) is 61.7 Å². The van der Waals surface area contributed by atoms with Crippen molar-refractivity contribution in [2.24, 2.45) is 5.10 Å². The number of rotatable bonds is 3. The highest BCUT2D eigenvalue weighted by Crippen LogP contribution is 2.24. The zero-order chi connectivity index (χ0) is 15.4. The Labute approximate surface area is 139 Å². The predicted octanol–water partition coefficient (Wildman–Crippen LogP) is 4.23. The summed E-state index contributed by atoms with van der Waals surface area (Å²) < 4.78 is 0.673. The summed E-state index contributed by atoms with van der Waals surface area (Å²) in [6.07, 6.45) is 1.38. The fourth-order valence-electron chi connectivity index (χ4n) is 1.53. The first kappa shape index (κ1) is 15.8. The van der Waals surface area contributed by atoms with E-state index in [9.17, 15) is 9.90 Å². The van der Waals surface area contributed by atoms with Gasteiger partial charge in [-0.05, 0) is 24.3 Å². The highest BCUT2D eigenvalue weighted by molar-refractivity contribution is 9.10. The van der Waals surface area contributed by atoms with Crippen LogP contribution in [-0.4, -0.2) is 17.2 Å². The minimum Gasteiger partial charge on any atom is -0.507 e. The van der Waals surface area contributed by atoms with E-state index in [0.717, 1.165) is 0 Å². The number of halogens is 3.